The molecule has 2 aromatic heterocycles. The molecule has 50 heavy (non-hydrogen) atoms. The molecular formula is C34H35N7O6S3. The summed E-state index contributed by atoms with van der Waals surface area (Å²) in [7, 11) is 0. The van der Waals surface area contributed by atoms with Crippen molar-refractivity contribution in [3.05, 3.63) is 105 Å². The molecule has 1 fully saturated rings. The van der Waals surface area contributed by atoms with Gasteiger partial charge >= 0.3 is 12.1 Å². The van der Waals surface area contributed by atoms with Gasteiger partial charge in [-0.1, -0.05) is 78.5 Å². The number of benzene rings is 2. The van der Waals surface area contributed by atoms with E-state index in [1.165, 1.54) is 39.8 Å². The van der Waals surface area contributed by atoms with E-state index in [9.17, 15) is 19.2 Å². The molecule has 1 saturated heterocycles. The zero-order chi connectivity index (χ0) is 35.4. The average molecular weight is 734 g/mol. The molecule has 2 aromatic carbocycles. The number of ether oxygens (including phenoxy) is 2. The number of thioether (sulfide) groups is 2. The van der Waals surface area contributed by atoms with Gasteiger partial charge in [0.15, 0.2) is 12.1 Å². The minimum Gasteiger partial charge on any atom is -0.448 e. The Bertz CT molecular complexity index is 1810. The number of thiophene rings is 1. The van der Waals surface area contributed by atoms with E-state index in [1.807, 2.05) is 79.0 Å². The summed E-state index contributed by atoms with van der Waals surface area (Å²) in [4.78, 5) is 57.6. The Kier molecular flexibility index (Phi) is 10.6. The summed E-state index contributed by atoms with van der Waals surface area (Å²) in [5, 5.41) is 16.4. The molecule has 0 saturated carbocycles. The smallest absolute Gasteiger partial charge is 0.426 e. The van der Waals surface area contributed by atoms with Crippen LogP contribution in [0.4, 0.5) is 4.79 Å². The first-order valence-electron chi connectivity index (χ1n) is 15.7. The lowest BCUT2D eigenvalue weighted by atomic mass is 9.99. The number of nitrogens with one attached hydrogen (secondary N) is 2. The largest absolute Gasteiger partial charge is 0.448 e. The molecular weight excluding hydrogens is 699 g/mol. The quantitative estimate of drug-likeness (QED) is 0.0964. The SMILES string of the molecule is CC(Sc1nn[nH]n1)C1=C(C(=O)OC(c2ccccc2)c2ccccc2)N2C(=O)C(N(NC(=O)OC(C)(C)C)C(=O)Cc3cccs3)[C@H]2SC1. The zero-order valence-electron chi connectivity index (χ0n) is 27.6. The van der Waals surface area contributed by atoms with E-state index in [1.54, 1.807) is 26.8 Å². The maximum absolute atomic E-state index is 14.5. The number of aromatic nitrogens is 4. The Labute approximate surface area is 301 Å². The first-order chi connectivity index (χ1) is 24.0. The summed E-state index contributed by atoms with van der Waals surface area (Å²) in [6, 6.07) is 21.2. The van der Waals surface area contributed by atoms with E-state index in [0.29, 0.717) is 16.5 Å². The van der Waals surface area contributed by atoms with Crippen LogP contribution in [-0.4, -0.2) is 82.4 Å². The molecule has 0 spiro atoms. The Morgan fingerprint density at radius 3 is 2.32 bits per heavy atom. The second-order valence-corrected chi connectivity index (χ2v) is 15.9. The van der Waals surface area contributed by atoms with Crippen molar-refractivity contribution in [2.45, 2.75) is 67.6 Å². The molecule has 2 unspecified atom stereocenters. The van der Waals surface area contributed by atoms with Gasteiger partial charge in [-0.2, -0.15) is 5.21 Å². The number of H-pyrrole nitrogens is 1. The van der Waals surface area contributed by atoms with Crippen LogP contribution in [0.5, 0.6) is 0 Å². The minimum atomic E-state index is -1.11. The van der Waals surface area contributed by atoms with Crippen LogP contribution in [0, 0.1) is 0 Å². The standard InChI is InChI=1S/C34H35N7O6S3/c1-20(50-32-35-38-39-36-32)24-19-49-30-27(41(37-33(45)47-34(2,3)4)25(42)18-23-16-11-17-48-23)29(43)40(30)26(24)31(44)46-28(21-12-7-5-8-13-21)22-14-9-6-10-15-22/h5-17,20,27-28,30H,18-19H2,1-4H3,(H,37,45)(H,35,36,38,39)/t20?,27?,30-/m1/s1. The molecule has 4 heterocycles. The molecule has 0 bridgehead atoms. The van der Waals surface area contributed by atoms with Gasteiger partial charge in [-0.05, 0) is 61.1 Å². The maximum Gasteiger partial charge on any atom is 0.426 e. The Morgan fingerprint density at radius 1 is 1.06 bits per heavy atom. The van der Waals surface area contributed by atoms with Crippen LogP contribution in [0.2, 0.25) is 0 Å². The lowest BCUT2D eigenvalue weighted by Crippen LogP contribution is -2.74. The summed E-state index contributed by atoms with van der Waals surface area (Å²) in [6.45, 7) is 6.99. The van der Waals surface area contributed by atoms with Gasteiger partial charge in [0, 0.05) is 15.9 Å². The molecule has 2 aliphatic rings. The minimum absolute atomic E-state index is 0.0428. The van der Waals surface area contributed by atoms with Crippen molar-refractivity contribution in [1.29, 1.82) is 0 Å². The number of nitrogens with zero attached hydrogens (tertiary/aromatic N) is 5. The van der Waals surface area contributed by atoms with Crippen molar-refractivity contribution in [3.8, 4) is 0 Å². The van der Waals surface area contributed by atoms with E-state index in [4.69, 9.17) is 9.47 Å². The van der Waals surface area contributed by atoms with Gasteiger partial charge < -0.3 is 9.47 Å². The van der Waals surface area contributed by atoms with Crippen LogP contribution in [0.15, 0.2) is 94.6 Å². The molecule has 260 valence electrons. The topological polar surface area (TPSA) is 160 Å². The second-order valence-electron chi connectivity index (χ2n) is 12.4. The van der Waals surface area contributed by atoms with Crippen LogP contribution in [0.25, 0.3) is 0 Å². The number of β-lactam (4-membered cyclic amide) rings is 1. The maximum atomic E-state index is 14.5. The second kappa shape index (κ2) is 15.1. The van der Waals surface area contributed by atoms with Crippen molar-refractivity contribution in [2.24, 2.45) is 0 Å². The van der Waals surface area contributed by atoms with E-state index in [2.05, 4.69) is 26.0 Å². The predicted octanol–water partition coefficient (Wildman–Crippen LogP) is 5.12. The van der Waals surface area contributed by atoms with Crippen LogP contribution in [-0.2, 0) is 30.3 Å². The number of amides is 3. The first kappa shape index (κ1) is 35.2. The summed E-state index contributed by atoms with van der Waals surface area (Å²) in [5.41, 5.74) is 3.91. The highest BCUT2D eigenvalue weighted by atomic mass is 32.2. The van der Waals surface area contributed by atoms with Gasteiger partial charge in [0.2, 0.25) is 11.1 Å². The van der Waals surface area contributed by atoms with Crippen molar-refractivity contribution in [3.63, 3.8) is 0 Å². The van der Waals surface area contributed by atoms with Crippen molar-refractivity contribution in [2.75, 3.05) is 5.75 Å². The number of carbonyl (C=O) groups excluding carboxylic acids is 4. The highest BCUT2D eigenvalue weighted by Gasteiger charge is 2.58. The third-order valence-electron chi connectivity index (χ3n) is 7.75. The fourth-order valence-electron chi connectivity index (χ4n) is 5.54. The fraction of sp³-hybridized carbons (Fsp3) is 0.324. The molecule has 16 heteroatoms. The van der Waals surface area contributed by atoms with Crippen molar-refractivity contribution in [1.82, 2.24) is 36.0 Å². The fourth-order valence-corrected chi connectivity index (χ4v) is 8.69. The van der Waals surface area contributed by atoms with E-state index < -0.39 is 47.0 Å². The number of hydrogen-bond donors (Lipinski definition) is 2. The predicted molar refractivity (Wildman–Crippen MR) is 188 cm³/mol. The zero-order valence-corrected chi connectivity index (χ0v) is 30.1. The molecule has 4 aromatic rings. The van der Waals surface area contributed by atoms with Gasteiger partial charge in [-0.15, -0.1) is 33.3 Å². The first-order valence-corrected chi connectivity index (χ1v) is 18.5. The third kappa shape index (κ3) is 7.87. The van der Waals surface area contributed by atoms with E-state index in [0.717, 1.165) is 21.0 Å². The number of tetrazole rings is 1. The Hall–Kier alpha value is -4.67. The number of fused-ring (bicyclic) bond motifs is 1. The number of hydrazine groups is 1. The molecule has 3 amide bonds. The number of esters is 1. The number of carbonyl (C=O) groups is 4. The summed E-state index contributed by atoms with van der Waals surface area (Å²) in [6.07, 6.45) is -1.69. The van der Waals surface area contributed by atoms with Crippen LogP contribution < -0.4 is 5.43 Å². The molecule has 0 radical (unpaired) electrons. The van der Waals surface area contributed by atoms with Gasteiger partial charge in [-0.3, -0.25) is 14.5 Å². The number of rotatable bonds is 10. The summed E-state index contributed by atoms with van der Waals surface area (Å²) >= 11 is 4.04. The molecule has 3 atom stereocenters. The molecule has 6 rings (SSSR count). The normalized spacial score (nSPS) is 17.9. The van der Waals surface area contributed by atoms with Gasteiger partial charge in [0.25, 0.3) is 5.91 Å². The monoisotopic (exact) mass is 733 g/mol. The van der Waals surface area contributed by atoms with Gasteiger partial charge in [0.1, 0.15) is 16.7 Å². The van der Waals surface area contributed by atoms with Crippen LogP contribution in [0.1, 0.15) is 49.8 Å². The molecule has 13 nitrogen and oxygen atoms in total. The van der Waals surface area contributed by atoms with Crippen LogP contribution >= 0.6 is 34.9 Å². The number of hydrogen-bond acceptors (Lipinski definition) is 12. The van der Waals surface area contributed by atoms with Crippen molar-refractivity contribution < 1.29 is 28.7 Å². The third-order valence-corrected chi connectivity index (χ3v) is 10.9. The van der Waals surface area contributed by atoms with Gasteiger partial charge in [0.05, 0.1) is 6.42 Å². The molecule has 2 aliphatic heterocycles. The number of aromatic amines is 1. The Morgan fingerprint density at radius 2 is 1.74 bits per heavy atom. The van der Waals surface area contributed by atoms with E-state index >= 15 is 0 Å². The van der Waals surface area contributed by atoms with Crippen molar-refractivity contribution >= 4 is 58.7 Å². The van der Waals surface area contributed by atoms with E-state index in [-0.39, 0.29) is 17.4 Å². The lowest BCUT2D eigenvalue weighted by molar-refractivity contribution is -0.164. The lowest BCUT2D eigenvalue weighted by Gasteiger charge is -2.53. The molecule has 0 aliphatic carbocycles. The molecule has 2 N–H and O–H groups in total. The summed E-state index contributed by atoms with van der Waals surface area (Å²) in [5.74, 6) is -1.42. The summed E-state index contributed by atoms with van der Waals surface area (Å²) < 4.78 is 11.7. The van der Waals surface area contributed by atoms with Crippen LogP contribution in [0.3, 0.4) is 0 Å². The average Bonchev–Trinajstić information content (AvgIpc) is 3.81. The Balaban J connectivity index is 1.34. The highest BCUT2D eigenvalue weighted by Crippen LogP contribution is 2.46. The highest BCUT2D eigenvalue weighted by molar-refractivity contribution is 8.01. The van der Waals surface area contributed by atoms with Gasteiger partial charge in [-0.25, -0.2) is 20.0 Å².